The molecule has 1 heterocycles. The molecule has 0 bridgehead atoms. The van der Waals surface area contributed by atoms with E-state index >= 15 is 0 Å². The molecule has 3 N–H and O–H groups in total. The lowest BCUT2D eigenvalue weighted by molar-refractivity contribution is -0.122. The van der Waals surface area contributed by atoms with Gasteiger partial charge in [-0.15, -0.1) is 0 Å². The van der Waals surface area contributed by atoms with Crippen LogP contribution in [0.15, 0.2) is 23.1 Å². The molecule has 1 saturated carbocycles. The third-order valence-corrected chi connectivity index (χ3v) is 3.89. The molecule has 1 amide bonds. The van der Waals surface area contributed by atoms with Gasteiger partial charge in [-0.25, -0.2) is 0 Å². The highest BCUT2D eigenvalue weighted by Crippen LogP contribution is 2.34. The molecule has 5 heteroatoms. The minimum Gasteiger partial charge on any atom is -0.398 e. The number of nitrogens with two attached hydrogens (primary N) is 1. The summed E-state index contributed by atoms with van der Waals surface area (Å²) in [5, 5.41) is 3.03. The summed E-state index contributed by atoms with van der Waals surface area (Å²) in [6.45, 7) is 4.49. The average molecular weight is 277 g/mol. The van der Waals surface area contributed by atoms with Crippen LogP contribution < -0.4 is 16.6 Å². The standard InChI is InChI=1S/C15H23N3O2/c1-15(2)7-3-4-12(8-15)17-13(19)10-18-9-11(16)5-6-14(18)20/h5-6,9,12H,3-4,7-8,10,16H2,1-2H3,(H,17,19). The molecule has 0 aliphatic heterocycles. The van der Waals surface area contributed by atoms with Crippen LogP contribution in [-0.2, 0) is 11.3 Å². The van der Waals surface area contributed by atoms with Crippen molar-refractivity contribution in [2.75, 3.05) is 5.73 Å². The van der Waals surface area contributed by atoms with E-state index in [0.717, 1.165) is 19.3 Å². The minimum atomic E-state index is -0.210. The van der Waals surface area contributed by atoms with E-state index in [2.05, 4.69) is 19.2 Å². The Hall–Kier alpha value is -1.78. The second-order valence-corrected chi connectivity index (χ2v) is 6.45. The largest absolute Gasteiger partial charge is 0.398 e. The molecular weight excluding hydrogens is 254 g/mol. The van der Waals surface area contributed by atoms with E-state index < -0.39 is 0 Å². The summed E-state index contributed by atoms with van der Waals surface area (Å²) in [5.41, 5.74) is 6.19. The Balaban J connectivity index is 1.95. The zero-order valence-electron chi connectivity index (χ0n) is 12.2. The van der Waals surface area contributed by atoms with Crippen LogP contribution in [0.4, 0.5) is 5.69 Å². The number of hydrogen-bond donors (Lipinski definition) is 2. The Morgan fingerprint density at radius 2 is 2.25 bits per heavy atom. The van der Waals surface area contributed by atoms with Crippen LogP contribution in [0.3, 0.4) is 0 Å². The van der Waals surface area contributed by atoms with E-state index in [1.165, 1.54) is 23.3 Å². The number of pyridine rings is 1. The monoisotopic (exact) mass is 277 g/mol. The van der Waals surface area contributed by atoms with E-state index in [0.29, 0.717) is 5.69 Å². The Morgan fingerprint density at radius 1 is 1.50 bits per heavy atom. The first-order valence-corrected chi connectivity index (χ1v) is 7.11. The number of hydrogen-bond acceptors (Lipinski definition) is 3. The van der Waals surface area contributed by atoms with Crippen molar-refractivity contribution in [1.29, 1.82) is 0 Å². The molecule has 110 valence electrons. The van der Waals surface area contributed by atoms with Crippen molar-refractivity contribution in [3.63, 3.8) is 0 Å². The summed E-state index contributed by atoms with van der Waals surface area (Å²) < 4.78 is 1.35. The van der Waals surface area contributed by atoms with Gasteiger partial charge < -0.3 is 15.6 Å². The molecule has 1 aliphatic carbocycles. The molecule has 5 nitrogen and oxygen atoms in total. The van der Waals surface area contributed by atoms with Crippen molar-refractivity contribution in [2.24, 2.45) is 5.41 Å². The molecule has 0 aromatic carbocycles. The summed E-state index contributed by atoms with van der Waals surface area (Å²) in [7, 11) is 0. The molecule has 1 fully saturated rings. The highest BCUT2D eigenvalue weighted by Gasteiger charge is 2.28. The maximum Gasteiger partial charge on any atom is 0.251 e. The van der Waals surface area contributed by atoms with Gasteiger partial charge in [-0.2, -0.15) is 0 Å². The maximum absolute atomic E-state index is 12.0. The highest BCUT2D eigenvalue weighted by molar-refractivity contribution is 5.76. The summed E-state index contributed by atoms with van der Waals surface area (Å²) in [5.74, 6) is -0.125. The summed E-state index contributed by atoms with van der Waals surface area (Å²) in [4.78, 5) is 23.7. The number of nitrogens with one attached hydrogen (secondary N) is 1. The summed E-state index contributed by atoms with van der Waals surface area (Å²) in [6, 6.07) is 3.13. The van der Waals surface area contributed by atoms with Gasteiger partial charge in [0.1, 0.15) is 6.54 Å². The van der Waals surface area contributed by atoms with Crippen molar-refractivity contribution in [3.8, 4) is 0 Å². The molecule has 2 rings (SSSR count). The molecule has 0 saturated heterocycles. The molecule has 0 spiro atoms. The predicted octanol–water partition coefficient (Wildman–Crippen LogP) is 1.52. The normalized spacial score (nSPS) is 21.4. The molecule has 1 unspecified atom stereocenters. The Labute approximate surface area is 119 Å². The third-order valence-electron chi connectivity index (χ3n) is 3.89. The van der Waals surface area contributed by atoms with Crippen LogP contribution in [0.1, 0.15) is 39.5 Å². The fourth-order valence-electron chi connectivity index (χ4n) is 2.92. The van der Waals surface area contributed by atoms with E-state index in [9.17, 15) is 9.59 Å². The average Bonchev–Trinajstić information content (AvgIpc) is 2.32. The molecule has 0 radical (unpaired) electrons. The number of carbonyl (C=O) groups excluding carboxylic acids is 1. The van der Waals surface area contributed by atoms with Gasteiger partial charge in [0, 0.05) is 24.0 Å². The third kappa shape index (κ3) is 3.85. The topological polar surface area (TPSA) is 77.1 Å². The van der Waals surface area contributed by atoms with Crippen LogP contribution in [0.25, 0.3) is 0 Å². The second-order valence-electron chi connectivity index (χ2n) is 6.45. The Bertz CT molecular complexity index is 548. The Kier molecular flexibility index (Phi) is 4.16. The molecule has 20 heavy (non-hydrogen) atoms. The van der Waals surface area contributed by atoms with E-state index in [4.69, 9.17) is 5.73 Å². The van der Waals surface area contributed by atoms with Gasteiger partial charge in [-0.3, -0.25) is 9.59 Å². The van der Waals surface area contributed by atoms with E-state index in [-0.39, 0.29) is 29.5 Å². The number of carbonyl (C=O) groups is 1. The van der Waals surface area contributed by atoms with Gasteiger partial charge in [0.15, 0.2) is 0 Å². The van der Waals surface area contributed by atoms with Gasteiger partial charge in [-0.05, 0) is 30.7 Å². The smallest absolute Gasteiger partial charge is 0.251 e. The van der Waals surface area contributed by atoms with Gasteiger partial charge >= 0.3 is 0 Å². The van der Waals surface area contributed by atoms with Crippen molar-refractivity contribution in [1.82, 2.24) is 9.88 Å². The Morgan fingerprint density at radius 3 is 2.95 bits per heavy atom. The van der Waals surface area contributed by atoms with Crippen molar-refractivity contribution >= 4 is 11.6 Å². The van der Waals surface area contributed by atoms with Crippen LogP contribution >= 0.6 is 0 Å². The lowest BCUT2D eigenvalue weighted by atomic mass is 9.75. The first-order valence-electron chi connectivity index (χ1n) is 7.11. The van der Waals surface area contributed by atoms with Gasteiger partial charge in [0.25, 0.3) is 5.56 Å². The van der Waals surface area contributed by atoms with Gasteiger partial charge in [-0.1, -0.05) is 20.3 Å². The number of aromatic nitrogens is 1. The second kappa shape index (κ2) is 5.69. The molecule has 1 aromatic heterocycles. The van der Waals surface area contributed by atoms with Crippen LogP contribution in [-0.4, -0.2) is 16.5 Å². The van der Waals surface area contributed by atoms with Crippen molar-refractivity contribution in [2.45, 2.75) is 52.1 Å². The van der Waals surface area contributed by atoms with Crippen LogP contribution in [0.5, 0.6) is 0 Å². The zero-order valence-corrected chi connectivity index (χ0v) is 12.2. The quantitative estimate of drug-likeness (QED) is 0.879. The zero-order chi connectivity index (χ0) is 14.8. The minimum absolute atomic E-state index is 0.0286. The lowest BCUT2D eigenvalue weighted by Crippen LogP contribution is -2.42. The lowest BCUT2D eigenvalue weighted by Gasteiger charge is -2.35. The number of nitrogens with zero attached hydrogens (tertiary/aromatic N) is 1. The fourth-order valence-corrected chi connectivity index (χ4v) is 2.92. The number of amides is 1. The highest BCUT2D eigenvalue weighted by atomic mass is 16.2. The molecule has 1 aromatic rings. The molecular formula is C15H23N3O2. The van der Waals surface area contributed by atoms with Crippen LogP contribution in [0.2, 0.25) is 0 Å². The van der Waals surface area contributed by atoms with E-state index in [1.807, 2.05) is 0 Å². The number of nitrogen functional groups attached to an aromatic ring is 1. The van der Waals surface area contributed by atoms with Crippen molar-refractivity contribution in [3.05, 3.63) is 28.7 Å². The van der Waals surface area contributed by atoms with Gasteiger partial charge in [0.05, 0.1) is 0 Å². The maximum atomic E-state index is 12.0. The molecule has 1 atom stereocenters. The number of anilines is 1. The van der Waals surface area contributed by atoms with E-state index in [1.54, 1.807) is 6.07 Å². The SMILES string of the molecule is CC1(C)CCCC(NC(=O)Cn2cc(N)ccc2=O)C1. The summed E-state index contributed by atoms with van der Waals surface area (Å²) in [6.07, 6.45) is 5.85. The van der Waals surface area contributed by atoms with Gasteiger partial charge in [0.2, 0.25) is 5.91 Å². The predicted molar refractivity (Wildman–Crippen MR) is 79.3 cm³/mol. The summed E-state index contributed by atoms with van der Waals surface area (Å²) >= 11 is 0. The van der Waals surface area contributed by atoms with Crippen LogP contribution in [0, 0.1) is 5.41 Å². The first kappa shape index (κ1) is 14.6. The number of rotatable bonds is 3. The molecule has 1 aliphatic rings. The first-order chi connectivity index (χ1) is 9.35. The van der Waals surface area contributed by atoms with Crippen molar-refractivity contribution < 1.29 is 4.79 Å². The fraction of sp³-hybridized carbons (Fsp3) is 0.600.